The van der Waals surface area contributed by atoms with Gasteiger partial charge in [-0.3, -0.25) is 4.79 Å². The number of ether oxygens (including phenoxy) is 1. The fraction of sp³-hybridized carbons (Fsp3) is 0.364. The Kier molecular flexibility index (Phi) is 3.60. The van der Waals surface area contributed by atoms with Gasteiger partial charge in [0.25, 0.3) is 0 Å². The van der Waals surface area contributed by atoms with Gasteiger partial charge in [-0.25, -0.2) is 9.98 Å². The van der Waals surface area contributed by atoms with E-state index in [1.165, 1.54) is 18.3 Å². The third-order valence-corrected chi connectivity index (χ3v) is 1.51. The quantitative estimate of drug-likeness (QED) is 0.425. The molecule has 0 aliphatic rings. The van der Waals surface area contributed by atoms with Crippen LogP contribution in [0.5, 0.6) is 0 Å². The van der Waals surface area contributed by atoms with E-state index in [9.17, 15) is 9.90 Å². The Bertz CT molecular complexity index is 391. The van der Waals surface area contributed by atoms with Crippen LogP contribution in [-0.2, 0) is 4.74 Å². The molecule has 0 fully saturated rings. The van der Waals surface area contributed by atoms with Gasteiger partial charge in [0.05, 0.1) is 0 Å². The van der Waals surface area contributed by atoms with Gasteiger partial charge >= 0.3 is 0 Å². The number of carbonyl (C=O) groups is 1. The molecule has 0 N–H and O–H groups in total. The molecule has 0 aromatic carbocycles. The van der Waals surface area contributed by atoms with Gasteiger partial charge < -0.3 is 9.84 Å². The van der Waals surface area contributed by atoms with E-state index in [0.717, 1.165) is 0 Å². The first-order valence-corrected chi connectivity index (χ1v) is 4.77. The lowest BCUT2D eigenvalue weighted by molar-refractivity contribution is -0.259. The van der Waals surface area contributed by atoms with Crippen molar-refractivity contribution in [2.45, 2.75) is 26.4 Å². The van der Waals surface area contributed by atoms with Gasteiger partial charge in [0.1, 0.15) is 0 Å². The normalized spacial score (nSPS) is 12.3. The third kappa shape index (κ3) is 4.08. The first-order chi connectivity index (χ1) is 7.40. The highest BCUT2D eigenvalue weighted by molar-refractivity contribution is 5.74. The van der Waals surface area contributed by atoms with Gasteiger partial charge in [0.15, 0.2) is 18.2 Å². The molecule has 0 radical (unpaired) electrons. The van der Waals surface area contributed by atoms with E-state index in [-0.39, 0.29) is 5.82 Å². The number of nitrogens with zero attached hydrogens (tertiary/aromatic N) is 2. The van der Waals surface area contributed by atoms with E-state index in [1.807, 2.05) is 0 Å². The fourth-order valence-electron chi connectivity index (χ4n) is 0.912. The van der Waals surface area contributed by atoms with Crippen LogP contribution in [0.2, 0.25) is 0 Å². The first kappa shape index (κ1) is 12.2. The molecule has 86 valence electrons. The van der Waals surface area contributed by atoms with Crippen LogP contribution < -0.4 is 5.11 Å². The molecular formula is C11H13N2O3-. The van der Waals surface area contributed by atoms with Gasteiger partial charge in [0, 0.05) is 17.4 Å². The van der Waals surface area contributed by atoms with Crippen LogP contribution in [0.25, 0.3) is 0 Å². The molecule has 16 heavy (non-hydrogen) atoms. The van der Waals surface area contributed by atoms with Crippen LogP contribution in [0.1, 0.15) is 31.1 Å². The number of aromatic nitrogens is 1. The molecule has 1 aromatic heterocycles. The van der Waals surface area contributed by atoms with Crippen molar-refractivity contribution in [3.63, 3.8) is 0 Å². The summed E-state index contributed by atoms with van der Waals surface area (Å²) in [6.45, 7) is 5.26. The van der Waals surface area contributed by atoms with E-state index >= 15 is 0 Å². The van der Waals surface area contributed by atoms with Crippen molar-refractivity contribution < 1.29 is 14.6 Å². The van der Waals surface area contributed by atoms with Gasteiger partial charge in [-0.05, 0) is 12.1 Å². The Morgan fingerprint density at radius 3 is 2.62 bits per heavy atom. The molecule has 0 atom stereocenters. The Morgan fingerprint density at radius 2 is 2.19 bits per heavy atom. The molecule has 1 rings (SSSR count). The minimum Gasteiger partial charge on any atom is -0.594 e. The SMILES string of the molecule is CC(C)(C)OC([O-])=Nc1ccc(C=O)cn1. The lowest BCUT2D eigenvalue weighted by Gasteiger charge is -2.29. The number of hydrogen-bond acceptors (Lipinski definition) is 5. The zero-order valence-corrected chi connectivity index (χ0v) is 9.43. The average Bonchev–Trinajstić information content (AvgIpc) is 2.16. The summed E-state index contributed by atoms with van der Waals surface area (Å²) in [5.74, 6) is 0.222. The highest BCUT2D eigenvalue weighted by Gasteiger charge is 2.04. The number of aliphatic imine (C=N–C) groups is 1. The van der Waals surface area contributed by atoms with Crippen molar-refractivity contribution >= 4 is 18.2 Å². The topological polar surface area (TPSA) is 74.6 Å². The molecule has 0 bridgehead atoms. The first-order valence-electron chi connectivity index (χ1n) is 4.77. The molecule has 0 amide bonds. The maximum Gasteiger partial charge on any atom is 0.153 e. The minimum atomic E-state index is -0.696. The molecule has 0 aliphatic carbocycles. The molecule has 1 aromatic rings. The van der Waals surface area contributed by atoms with Gasteiger partial charge in [0.2, 0.25) is 0 Å². The summed E-state index contributed by atoms with van der Waals surface area (Å²) in [6.07, 6.45) is 1.32. The van der Waals surface area contributed by atoms with E-state index in [1.54, 1.807) is 20.8 Å². The summed E-state index contributed by atoms with van der Waals surface area (Å²) in [5.41, 5.74) is -0.147. The van der Waals surface area contributed by atoms with E-state index in [0.29, 0.717) is 11.8 Å². The highest BCUT2D eigenvalue weighted by Crippen LogP contribution is 2.10. The van der Waals surface area contributed by atoms with Crippen molar-refractivity contribution in [3.05, 3.63) is 23.9 Å². The molecule has 0 unspecified atom stereocenters. The predicted molar refractivity (Wildman–Crippen MR) is 57.6 cm³/mol. The third-order valence-electron chi connectivity index (χ3n) is 1.51. The number of carbonyl (C=O) groups excluding carboxylic acids is 1. The van der Waals surface area contributed by atoms with E-state index < -0.39 is 11.7 Å². The highest BCUT2D eigenvalue weighted by atomic mass is 16.6. The van der Waals surface area contributed by atoms with E-state index in [2.05, 4.69) is 9.98 Å². The number of rotatable bonds is 2. The van der Waals surface area contributed by atoms with Crippen molar-refractivity contribution in [1.29, 1.82) is 0 Å². The molecule has 1 heterocycles. The summed E-state index contributed by atoms with van der Waals surface area (Å²) < 4.78 is 4.98. The van der Waals surface area contributed by atoms with Crippen molar-refractivity contribution in [3.8, 4) is 0 Å². The van der Waals surface area contributed by atoms with Crippen molar-refractivity contribution in [2.75, 3.05) is 0 Å². The molecule has 0 spiro atoms. The summed E-state index contributed by atoms with van der Waals surface area (Å²) in [7, 11) is 0. The Balaban J connectivity index is 2.78. The predicted octanol–water partition coefficient (Wildman–Crippen LogP) is 1.06. The number of hydrogen-bond donors (Lipinski definition) is 0. The Labute approximate surface area is 93.8 Å². The second-order valence-electron chi connectivity index (χ2n) is 4.16. The lowest BCUT2D eigenvalue weighted by atomic mass is 10.2. The molecular weight excluding hydrogens is 208 g/mol. The van der Waals surface area contributed by atoms with Gasteiger partial charge in [-0.15, -0.1) is 0 Å². The van der Waals surface area contributed by atoms with Crippen LogP contribution in [0, 0.1) is 0 Å². The maximum atomic E-state index is 11.3. The zero-order chi connectivity index (χ0) is 12.2. The van der Waals surface area contributed by atoms with Crippen LogP contribution in [0.4, 0.5) is 5.82 Å². The standard InChI is InChI=1S/C11H14N2O3/c1-11(2,3)16-10(15)13-9-5-4-8(7-14)6-12-9/h4-7H,1-3H3,(H,12,13,15)/p-1. The largest absolute Gasteiger partial charge is 0.594 e. The maximum absolute atomic E-state index is 11.3. The summed E-state index contributed by atoms with van der Waals surface area (Å²) >= 11 is 0. The summed E-state index contributed by atoms with van der Waals surface area (Å²) in [6, 6.07) is 3.01. The summed E-state index contributed by atoms with van der Waals surface area (Å²) in [4.78, 5) is 17.8. The fourth-order valence-corrected chi connectivity index (χ4v) is 0.912. The van der Waals surface area contributed by atoms with Crippen LogP contribution in [0.3, 0.4) is 0 Å². The lowest BCUT2D eigenvalue weighted by Crippen LogP contribution is -2.31. The van der Waals surface area contributed by atoms with E-state index in [4.69, 9.17) is 4.74 Å². The number of aldehydes is 1. The monoisotopic (exact) mass is 221 g/mol. The van der Waals surface area contributed by atoms with Crippen LogP contribution in [-0.4, -0.2) is 23.0 Å². The smallest absolute Gasteiger partial charge is 0.153 e. The van der Waals surface area contributed by atoms with Gasteiger partial charge in [-0.2, -0.15) is 0 Å². The molecule has 5 nitrogen and oxygen atoms in total. The average molecular weight is 221 g/mol. The second-order valence-corrected chi connectivity index (χ2v) is 4.16. The minimum absolute atomic E-state index is 0.222. The molecule has 5 heteroatoms. The molecule has 0 saturated heterocycles. The summed E-state index contributed by atoms with van der Waals surface area (Å²) in [5, 5.41) is 11.3. The van der Waals surface area contributed by atoms with Gasteiger partial charge in [-0.1, -0.05) is 20.8 Å². The number of pyridine rings is 1. The van der Waals surface area contributed by atoms with Crippen molar-refractivity contribution in [1.82, 2.24) is 4.98 Å². The molecule has 0 saturated carbocycles. The van der Waals surface area contributed by atoms with Crippen molar-refractivity contribution in [2.24, 2.45) is 4.99 Å². The van der Waals surface area contributed by atoms with Crippen LogP contribution in [0.15, 0.2) is 23.3 Å². The Hall–Kier alpha value is -1.91. The second kappa shape index (κ2) is 4.74. The zero-order valence-electron chi connectivity index (χ0n) is 9.43. The Morgan fingerprint density at radius 1 is 1.50 bits per heavy atom. The van der Waals surface area contributed by atoms with Crippen LogP contribution >= 0.6 is 0 Å². The molecule has 0 aliphatic heterocycles.